The summed E-state index contributed by atoms with van der Waals surface area (Å²) in [5.41, 5.74) is 0.584. The molecule has 0 aliphatic rings. The van der Waals surface area contributed by atoms with Gasteiger partial charge in [-0.05, 0) is 11.3 Å². The fourth-order valence-corrected chi connectivity index (χ4v) is 4.38. The molecule has 123 valence electrons. The number of hydrogen-bond donors (Lipinski definition) is 0. The first-order chi connectivity index (χ1) is 8.34. The third-order valence-electron chi connectivity index (χ3n) is 3.60. The Labute approximate surface area is 151 Å². The van der Waals surface area contributed by atoms with E-state index in [0.29, 0.717) is 11.8 Å². The molecule has 6 heteroatoms. The van der Waals surface area contributed by atoms with Crippen LogP contribution in [0.3, 0.4) is 0 Å². The van der Waals surface area contributed by atoms with Crippen LogP contribution in [0.1, 0.15) is 47.5 Å². The van der Waals surface area contributed by atoms with Gasteiger partial charge in [-0.1, -0.05) is 72.5 Å². The van der Waals surface area contributed by atoms with Crippen molar-refractivity contribution in [3.63, 3.8) is 0 Å². The molecule has 0 aromatic carbocycles. The molecule has 0 saturated carbocycles. The zero-order valence-corrected chi connectivity index (χ0v) is 25.4. The average Bonchev–Trinajstić information content (AvgIpc) is 2.15. The normalized spacial score (nSPS) is 13.0. The average molecular weight is 653 g/mol. The molecule has 0 aromatic heterocycles. The van der Waals surface area contributed by atoms with Gasteiger partial charge in [0.25, 0.3) is 0 Å². The Morgan fingerprint density at radius 2 is 1.48 bits per heavy atom. The van der Waals surface area contributed by atoms with Crippen molar-refractivity contribution in [2.24, 2.45) is 17.3 Å². The molecule has 0 rings (SSSR count). The quantitative estimate of drug-likeness (QED) is 0.254. The third kappa shape index (κ3) is 16.3. The summed E-state index contributed by atoms with van der Waals surface area (Å²) in [6.45, 7) is 19.0. The SMILES string of the molecule is CC(C)C(C)(C)C[SiH](C)C.[CH2-]C(CCC)C(F)(F)F.[Rf].[Y]. The summed E-state index contributed by atoms with van der Waals surface area (Å²) in [5.74, 6) is -0.551. The molecule has 0 aromatic rings. The van der Waals surface area contributed by atoms with Crippen molar-refractivity contribution < 1.29 is 45.9 Å². The van der Waals surface area contributed by atoms with Crippen molar-refractivity contribution >= 4 is 8.80 Å². The first-order valence-corrected chi connectivity index (χ1v) is 10.4. The maximum atomic E-state index is 11.6. The molecule has 0 bridgehead atoms. The molecule has 0 aliphatic heterocycles. The molecule has 0 spiro atoms. The topological polar surface area (TPSA) is 0 Å². The first-order valence-electron chi connectivity index (χ1n) is 7.24. The van der Waals surface area contributed by atoms with E-state index in [2.05, 4.69) is 47.7 Å². The summed E-state index contributed by atoms with van der Waals surface area (Å²) in [6.07, 6.45) is -3.44. The van der Waals surface area contributed by atoms with Gasteiger partial charge >= 0.3 is 6.18 Å². The van der Waals surface area contributed by atoms with Gasteiger partial charge in [0.2, 0.25) is 0 Å². The van der Waals surface area contributed by atoms with Gasteiger partial charge in [0.1, 0.15) is 0 Å². The van der Waals surface area contributed by atoms with Crippen molar-refractivity contribution in [2.45, 2.75) is 72.8 Å². The Balaban J connectivity index is -0.000000126. The molecule has 0 amide bonds. The Morgan fingerprint density at radius 1 is 1.10 bits per heavy atom. The fraction of sp³-hybridized carbons (Fsp3) is 0.933. The van der Waals surface area contributed by atoms with Crippen molar-refractivity contribution in [3.05, 3.63) is 6.92 Å². The van der Waals surface area contributed by atoms with Crippen LogP contribution in [-0.4, -0.2) is 15.0 Å². The van der Waals surface area contributed by atoms with Crippen LogP contribution >= 0.6 is 0 Å². The second-order valence-corrected chi connectivity index (χ2v) is 9.96. The Hall–Kier alpha value is 0.111. The van der Waals surface area contributed by atoms with Gasteiger partial charge in [-0.15, -0.1) is 0 Å². The molecule has 21 heavy (non-hydrogen) atoms. The number of hydrogen-bond acceptors (Lipinski definition) is 0. The number of halogens is 3. The largest absolute Gasteiger partial charge is 0.365 e. The molecule has 1 radical (unpaired) electrons. The van der Waals surface area contributed by atoms with Crippen molar-refractivity contribution in [1.82, 2.24) is 0 Å². The molecule has 1 atom stereocenters. The van der Waals surface area contributed by atoms with Crippen LogP contribution in [0.15, 0.2) is 0 Å². The van der Waals surface area contributed by atoms with Crippen LogP contribution in [0.4, 0.5) is 13.2 Å². The monoisotopic (exact) mass is 653 g/mol. The molecular formula is C15H32F3RfSiY-. The second kappa shape index (κ2) is 12.6. The van der Waals surface area contributed by atoms with E-state index in [1.54, 1.807) is 6.92 Å². The van der Waals surface area contributed by atoms with Gasteiger partial charge in [0.05, 0.1) is 0 Å². The minimum atomic E-state index is -4.10. The second-order valence-electron chi connectivity index (χ2n) is 6.77. The van der Waals surface area contributed by atoms with Crippen LogP contribution in [0, 0.1) is 24.2 Å². The molecule has 1 unspecified atom stereocenters. The molecule has 0 nitrogen and oxygen atoms in total. The summed E-state index contributed by atoms with van der Waals surface area (Å²) in [7, 11) is -0.352. The van der Waals surface area contributed by atoms with Gasteiger partial charge in [0.15, 0.2) is 0 Å². The van der Waals surface area contributed by atoms with Crippen molar-refractivity contribution in [1.29, 1.82) is 0 Å². The first kappa shape index (κ1) is 29.2. The van der Waals surface area contributed by atoms with Crippen molar-refractivity contribution in [3.8, 4) is 0 Å². The van der Waals surface area contributed by atoms with E-state index in [-0.39, 0.29) is 47.9 Å². The molecule has 0 fully saturated rings. The standard InChI is InChI=1S/C9H22Si.C6H10F3.Rf.Y/c1-8(2)9(3,4)7-10(5)6;1-3-4-5(2)6(7,8)9;;/h8,10H,7H2,1-6H3;5H,2-4H2,1H3;;/q;-1;;. The van der Waals surface area contributed by atoms with E-state index in [4.69, 9.17) is 0 Å². The van der Waals surface area contributed by atoms with Gasteiger partial charge in [-0.2, -0.15) is 13.2 Å². The number of alkyl halides is 3. The van der Waals surface area contributed by atoms with Gasteiger partial charge in [-0.25, -0.2) is 0 Å². The van der Waals surface area contributed by atoms with E-state index in [1.807, 2.05) is 0 Å². The summed E-state index contributed by atoms with van der Waals surface area (Å²) >= 11 is 0. The Kier molecular flexibility index (Phi) is 17.5. The minimum Gasteiger partial charge on any atom is -0.332 e. The van der Waals surface area contributed by atoms with Crippen LogP contribution in [0.5, 0.6) is 0 Å². The van der Waals surface area contributed by atoms with E-state index >= 15 is 0 Å². The predicted molar refractivity (Wildman–Crippen MR) is 82.1 cm³/mol. The summed E-state index contributed by atoms with van der Waals surface area (Å²) in [6, 6.07) is 1.48. The Morgan fingerprint density at radius 3 is 1.57 bits per heavy atom. The molecule has 0 heterocycles. The van der Waals surface area contributed by atoms with Crippen molar-refractivity contribution in [2.75, 3.05) is 0 Å². The van der Waals surface area contributed by atoms with Gasteiger partial charge in [-0.3, -0.25) is 0 Å². The molecule has 0 aliphatic carbocycles. The predicted octanol–water partition coefficient (Wildman–Crippen LogP) is 5.95. The van der Waals surface area contributed by atoms with E-state index in [9.17, 15) is 13.2 Å². The summed E-state index contributed by atoms with van der Waals surface area (Å²) in [4.78, 5) is 0. The van der Waals surface area contributed by atoms with Crippen LogP contribution in [0.25, 0.3) is 0 Å². The molecular weight excluding hydrogens is 621 g/mol. The number of rotatable bonds is 5. The van der Waals surface area contributed by atoms with E-state index in [0.717, 1.165) is 5.92 Å². The van der Waals surface area contributed by atoms with Gasteiger partial charge < -0.3 is 6.92 Å². The zero-order chi connectivity index (χ0) is 15.9. The Bertz CT molecular complexity index is 231. The van der Waals surface area contributed by atoms with Crippen LogP contribution in [-0.2, 0) is 32.7 Å². The van der Waals surface area contributed by atoms with E-state index in [1.165, 1.54) is 6.04 Å². The molecule has 0 saturated heterocycles. The molecule has 0 N–H and O–H groups in total. The summed E-state index contributed by atoms with van der Waals surface area (Å²) in [5, 5.41) is 0. The maximum absolute atomic E-state index is 11.6. The minimum absolute atomic E-state index is 0. The smallest absolute Gasteiger partial charge is 0.332 e. The zero-order valence-electron chi connectivity index (χ0n) is 15.0. The van der Waals surface area contributed by atoms with Crippen LogP contribution in [0.2, 0.25) is 19.1 Å². The van der Waals surface area contributed by atoms with E-state index < -0.39 is 12.1 Å². The fourth-order valence-electron chi connectivity index (χ4n) is 1.80. The third-order valence-corrected chi connectivity index (χ3v) is 5.47. The maximum Gasteiger partial charge on any atom is 0.365 e. The summed E-state index contributed by atoms with van der Waals surface area (Å²) < 4.78 is 34.7. The van der Waals surface area contributed by atoms with Crippen LogP contribution < -0.4 is 0 Å². The van der Waals surface area contributed by atoms with Gasteiger partial charge in [0, 0.05) is 41.5 Å².